The van der Waals surface area contributed by atoms with Crippen LogP contribution < -0.4 is 0 Å². The molecule has 0 amide bonds. The van der Waals surface area contributed by atoms with E-state index in [2.05, 4.69) is 47.3 Å². The first-order valence-electron chi connectivity index (χ1n) is 18.8. The van der Waals surface area contributed by atoms with E-state index in [9.17, 15) is 5.11 Å². The van der Waals surface area contributed by atoms with Gasteiger partial charge in [0.1, 0.15) is 5.41 Å². The molecule has 6 heteroatoms. The minimum absolute atomic E-state index is 0.0273. The number of aliphatic hydroxyl groups excluding tert-OH is 1. The van der Waals surface area contributed by atoms with Crippen LogP contribution in [0.4, 0.5) is 0 Å². The molecule has 4 aliphatic carbocycles. The minimum atomic E-state index is -1.15. The SMILES string of the molecule is C=CC(C[C@@H](O)C12C[C@@H]3[C@H](C)CC[C@H]3C3(C4OCCO4)CC1C=C(C(C)C)C23C(=O)OC(c1ccccc1)c1ccccc1)OCC(C)C. The average molecular weight is 669 g/mol. The highest BCUT2D eigenvalue weighted by molar-refractivity contribution is 5.87. The average Bonchev–Trinajstić information content (AvgIpc) is 3.88. The molecule has 0 aromatic heterocycles. The number of fused-ring (bicyclic) bond motifs is 2. The summed E-state index contributed by atoms with van der Waals surface area (Å²) >= 11 is 0. The van der Waals surface area contributed by atoms with Gasteiger partial charge in [0, 0.05) is 23.9 Å². The maximum atomic E-state index is 16.1. The molecule has 1 aliphatic heterocycles. The second-order valence-corrected chi connectivity index (χ2v) is 16.4. The Bertz CT molecular complexity index is 1470. The van der Waals surface area contributed by atoms with Crippen molar-refractivity contribution in [1.29, 1.82) is 0 Å². The molecule has 1 saturated heterocycles. The van der Waals surface area contributed by atoms with Gasteiger partial charge in [-0.25, -0.2) is 0 Å². The molecule has 4 bridgehead atoms. The normalized spacial score (nSPS) is 34.8. The summed E-state index contributed by atoms with van der Waals surface area (Å²) in [7, 11) is 0. The third kappa shape index (κ3) is 5.14. The van der Waals surface area contributed by atoms with Crippen LogP contribution in [-0.2, 0) is 23.7 Å². The molecule has 7 rings (SSSR count). The van der Waals surface area contributed by atoms with Gasteiger partial charge in [-0.2, -0.15) is 0 Å². The fourth-order valence-corrected chi connectivity index (χ4v) is 11.5. The molecular formula is C43H56O6. The van der Waals surface area contributed by atoms with E-state index in [1.807, 2.05) is 66.7 Å². The van der Waals surface area contributed by atoms with E-state index in [0.29, 0.717) is 44.0 Å². The summed E-state index contributed by atoms with van der Waals surface area (Å²) in [5, 5.41) is 13.0. The molecule has 6 nitrogen and oxygen atoms in total. The van der Waals surface area contributed by atoms with Gasteiger partial charge in [-0.1, -0.05) is 119 Å². The molecule has 4 fully saturated rings. The van der Waals surface area contributed by atoms with Crippen LogP contribution in [0.15, 0.2) is 85.0 Å². The van der Waals surface area contributed by atoms with Crippen LogP contribution in [0.2, 0.25) is 0 Å². The smallest absolute Gasteiger partial charge is 0.318 e. The van der Waals surface area contributed by atoms with E-state index in [-0.39, 0.29) is 29.8 Å². The van der Waals surface area contributed by atoms with Gasteiger partial charge in [0.15, 0.2) is 12.4 Å². The largest absolute Gasteiger partial charge is 0.452 e. The molecule has 264 valence electrons. The van der Waals surface area contributed by atoms with E-state index >= 15 is 4.79 Å². The van der Waals surface area contributed by atoms with Gasteiger partial charge in [-0.15, -0.1) is 6.58 Å². The number of ether oxygens (including phenoxy) is 4. The van der Waals surface area contributed by atoms with Crippen molar-refractivity contribution in [3.8, 4) is 0 Å². The lowest BCUT2D eigenvalue weighted by molar-refractivity contribution is -0.256. The van der Waals surface area contributed by atoms with Crippen molar-refractivity contribution in [3.63, 3.8) is 0 Å². The Balaban J connectivity index is 1.43. The van der Waals surface area contributed by atoms with Crippen molar-refractivity contribution in [1.82, 2.24) is 0 Å². The van der Waals surface area contributed by atoms with E-state index in [4.69, 9.17) is 18.9 Å². The molecule has 2 aromatic rings. The Morgan fingerprint density at radius 2 is 1.61 bits per heavy atom. The Hall–Kier alpha value is -2.77. The fourth-order valence-electron chi connectivity index (χ4n) is 11.5. The van der Waals surface area contributed by atoms with E-state index < -0.39 is 34.7 Å². The maximum absolute atomic E-state index is 16.1. The molecule has 49 heavy (non-hydrogen) atoms. The molecule has 1 N–H and O–H groups in total. The number of benzene rings is 2. The van der Waals surface area contributed by atoms with Gasteiger partial charge in [-0.3, -0.25) is 4.79 Å². The summed E-state index contributed by atoms with van der Waals surface area (Å²) in [6, 6.07) is 20.1. The van der Waals surface area contributed by atoms with Crippen molar-refractivity contribution in [2.24, 2.45) is 51.8 Å². The molecule has 0 radical (unpaired) electrons. The number of carbonyl (C=O) groups is 1. The zero-order chi connectivity index (χ0) is 34.6. The number of carbonyl (C=O) groups excluding carboxylic acids is 1. The second-order valence-electron chi connectivity index (χ2n) is 16.4. The first-order valence-corrected chi connectivity index (χ1v) is 18.8. The predicted molar refractivity (Wildman–Crippen MR) is 190 cm³/mol. The zero-order valence-corrected chi connectivity index (χ0v) is 30.1. The molecule has 5 aliphatic rings. The van der Waals surface area contributed by atoms with Crippen molar-refractivity contribution < 1.29 is 28.8 Å². The lowest BCUT2D eigenvalue weighted by Gasteiger charge is -2.63. The number of hydrogen-bond acceptors (Lipinski definition) is 6. The monoisotopic (exact) mass is 668 g/mol. The summed E-state index contributed by atoms with van der Waals surface area (Å²) in [6.07, 6.45) is 5.84. The van der Waals surface area contributed by atoms with Gasteiger partial charge >= 0.3 is 5.97 Å². The van der Waals surface area contributed by atoms with E-state index in [1.165, 1.54) is 0 Å². The van der Waals surface area contributed by atoms with E-state index in [1.54, 1.807) is 0 Å². The predicted octanol–water partition coefficient (Wildman–Crippen LogP) is 8.31. The quantitative estimate of drug-likeness (QED) is 0.171. The highest BCUT2D eigenvalue weighted by atomic mass is 16.7. The highest BCUT2D eigenvalue weighted by Gasteiger charge is 2.88. The molecule has 0 spiro atoms. The Kier molecular flexibility index (Phi) is 9.49. The molecule has 1 heterocycles. The first-order chi connectivity index (χ1) is 23.6. The number of hydrogen-bond donors (Lipinski definition) is 1. The second kappa shape index (κ2) is 13.4. The van der Waals surface area contributed by atoms with Crippen LogP contribution >= 0.6 is 0 Å². The van der Waals surface area contributed by atoms with Gasteiger partial charge in [-0.05, 0) is 65.9 Å². The number of aliphatic hydroxyl groups is 1. The van der Waals surface area contributed by atoms with Crippen molar-refractivity contribution >= 4 is 5.97 Å². The van der Waals surface area contributed by atoms with Crippen LogP contribution in [0.25, 0.3) is 0 Å². The number of allylic oxidation sites excluding steroid dienone is 1. The third-order valence-corrected chi connectivity index (χ3v) is 13.2. The number of esters is 1. The minimum Gasteiger partial charge on any atom is -0.452 e. The molecule has 2 aromatic carbocycles. The van der Waals surface area contributed by atoms with Gasteiger partial charge in [0.05, 0.1) is 25.4 Å². The summed E-state index contributed by atoms with van der Waals surface area (Å²) in [5.74, 6) is 1.15. The molecule has 5 unspecified atom stereocenters. The lowest BCUT2D eigenvalue weighted by atomic mass is 9.40. The Labute approximate surface area is 293 Å². The summed E-state index contributed by atoms with van der Waals surface area (Å²) < 4.78 is 26.6. The van der Waals surface area contributed by atoms with Crippen LogP contribution in [0.3, 0.4) is 0 Å². The van der Waals surface area contributed by atoms with Gasteiger partial charge in [0.2, 0.25) is 0 Å². The van der Waals surface area contributed by atoms with Crippen LogP contribution in [0.1, 0.15) is 84.0 Å². The Morgan fingerprint density at radius 1 is 0.980 bits per heavy atom. The third-order valence-electron chi connectivity index (χ3n) is 13.2. The van der Waals surface area contributed by atoms with Crippen molar-refractivity contribution in [2.75, 3.05) is 19.8 Å². The number of rotatable bonds is 13. The summed E-state index contributed by atoms with van der Waals surface area (Å²) in [5.41, 5.74) is 0.301. The van der Waals surface area contributed by atoms with Crippen LogP contribution in [0, 0.1) is 51.8 Å². The first kappa shape index (κ1) is 34.7. The lowest BCUT2D eigenvalue weighted by Crippen LogP contribution is -2.68. The summed E-state index contributed by atoms with van der Waals surface area (Å²) in [6.45, 7) is 16.7. The van der Waals surface area contributed by atoms with Crippen molar-refractivity contribution in [2.45, 2.75) is 91.3 Å². The standard InChI is InChI=1S/C43H56O6/c1-7-33(48-26-27(2)3)23-37(44)41-25-34-29(6)18-19-35(34)42(40-46-20-21-47-40)24-32(41)22-36(28(4)5)43(41,42)39(45)49-38(30-14-10-8-11-15-30)31-16-12-9-13-17-31/h7-17,22,27-29,32-35,37-38,40,44H,1,18-21,23-26H2,2-6H3/t29-,32?,33?,34-,35-,37-,41?,42?,43?/m1/s1. The maximum Gasteiger partial charge on any atom is 0.318 e. The Morgan fingerprint density at radius 3 is 2.18 bits per heavy atom. The highest BCUT2D eigenvalue weighted by Crippen LogP contribution is 2.85. The fraction of sp³-hybridized carbons (Fsp3) is 0.605. The summed E-state index contributed by atoms with van der Waals surface area (Å²) in [4.78, 5) is 16.1. The van der Waals surface area contributed by atoms with Crippen LogP contribution in [-0.4, -0.2) is 49.4 Å². The van der Waals surface area contributed by atoms with Gasteiger partial charge < -0.3 is 24.1 Å². The van der Waals surface area contributed by atoms with Crippen LogP contribution in [0.5, 0.6) is 0 Å². The van der Waals surface area contributed by atoms with Gasteiger partial charge in [0.25, 0.3) is 0 Å². The topological polar surface area (TPSA) is 74.2 Å². The molecule has 3 saturated carbocycles. The van der Waals surface area contributed by atoms with Crippen molar-refractivity contribution in [3.05, 3.63) is 96.1 Å². The molecular weight excluding hydrogens is 612 g/mol. The zero-order valence-electron chi connectivity index (χ0n) is 30.1. The molecule has 9 atom stereocenters. The van der Waals surface area contributed by atoms with E-state index in [0.717, 1.165) is 42.4 Å².